The number of thioether (sulfide) groups is 1. The van der Waals surface area contributed by atoms with Gasteiger partial charge in [0.05, 0.1) is 0 Å². The molecule has 1 amide bonds. The Morgan fingerprint density at radius 2 is 2.05 bits per heavy atom. The van der Waals surface area contributed by atoms with Crippen LogP contribution in [0.25, 0.3) is 0 Å². The number of carbonyl (C=O) groups is 1. The molecule has 2 N–H and O–H groups in total. The molecule has 0 saturated carbocycles. The fourth-order valence-electron chi connectivity index (χ4n) is 1.96. The largest absolute Gasteiger partial charge is 0.486 e. The number of fused-ring (bicyclic) bond motifs is 1. The molecule has 1 aromatic rings. The minimum absolute atomic E-state index is 0.108. The van der Waals surface area contributed by atoms with E-state index in [9.17, 15) is 4.79 Å². The van der Waals surface area contributed by atoms with E-state index in [0.717, 1.165) is 41.7 Å². The van der Waals surface area contributed by atoms with Gasteiger partial charge in [0.2, 0.25) is 5.91 Å². The molecule has 0 spiro atoms. The highest BCUT2D eigenvalue weighted by molar-refractivity contribution is 7.99. The smallest absolute Gasteiger partial charge is 0.220 e. The van der Waals surface area contributed by atoms with Crippen molar-refractivity contribution in [3.05, 3.63) is 18.2 Å². The van der Waals surface area contributed by atoms with Gasteiger partial charge in [0.25, 0.3) is 0 Å². The van der Waals surface area contributed by atoms with Gasteiger partial charge in [-0.3, -0.25) is 4.79 Å². The number of carbonyl (C=O) groups excluding carboxylic acids is 1. The summed E-state index contributed by atoms with van der Waals surface area (Å²) >= 11 is 1.66. The quantitative estimate of drug-likeness (QED) is 0.565. The second kappa shape index (κ2) is 8.79. The van der Waals surface area contributed by atoms with Crippen molar-refractivity contribution < 1.29 is 14.3 Å². The molecule has 5 nitrogen and oxygen atoms in total. The molecule has 6 heteroatoms. The number of hydrogen-bond acceptors (Lipinski definition) is 5. The Balaban J connectivity index is 1.67. The highest BCUT2D eigenvalue weighted by Crippen LogP contribution is 2.34. The van der Waals surface area contributed by atoms with Crippen LogP contribution in [0.15, 0.2) is 23.1 Å². The number of nitrogens with one attached hydrogen (secondary N) is 2. The average Bonchev–Trinajstić information content (AvgIpc) is 2.51. The Kier molecular flexibility index (Phi) is 6.69. The van der Waals surface area contributed by atoms with Crippen molar-refractivity contribution in [1.29, 1.82) is 0 Å². The number of ether oxygens (including phenoxy) is 2. The van der Waals surface area contributed by atoms with Gasteiger partial charge in [-0.1, -0.05) is 0 Å². The van der Waals surface area contributed by atoms with Crippen LogP contribution >= 0.6 is 11.8 Å². The molecule has 0 radical (unpaired) electrons. The van der Waals surface area contributed by atoms with E-state index in [0.29, 0.717) is 19.6 Å². The van der Waals surface area contributed by atoms with E-state index in [1.165, 1.54) is 0 Å². The van der Waals surface area contributed by atoms with Crippen LogP contribution in [0.5, 0.6) is 11.5 Å². The summed E-state index contributed by atoms with van der Waals surface area (Å²) < 4.78 is 11.0. The third-order valence-corrected chi connectivity index (χ3v) is 4.03. The molecule has 0 saturated heterocycles. The lowest BCUT2D eigenvalue weighted by atomic mass is 10.3. The summed E-state index contributed by atoms with van der Waals surface area (Å²) in [5, 5.41) is 5.97. The van der Waals surface area contributed by atoms with Crippen LogP contribution in [0.4, 0.5) is 0 Å². The van der Waals surface area contributed by atoms with E-state index < -0.39 is 0 Å². The first-order valence-corrected chi connectivity index (χ1v) is 8.22. The van der Waals surface area contributed by atoms with Gasteiger partial charge >= 0.3 is 0 Å². The van der Waals surface area contributed by atoms with Crippen molar-refractivity contribution in [2.75, 3.05) is 39.1 Å². The molecule has 0 aliphatic carbocycles. The van der Waals surface area contributed by atoms with Crippen LogP contribution in [0.2, 0.25) is 0 Å². The lowest BCUT2D eigenvalue weighted by molar-refractivity contribution is -0.120. The van der Waals surface area contributed by atoms with Gasteiger partial charge in [-0.2, -0.15) is 0 Å². The number of hydrogen-bond donors (Lipinski definition) is 2. The molecule has 1 aliphatic heterocycles. The van der Waals surface area contributed by atoms with Crippen molar-refractivity contribution in [2.45, 2.75) is 17.7 Å². The molecule has 2 rings (SSSR count). The summed E-state index contributed by atoms with van der Waals surface area (Å²) in [4.78, 5) is 12.7. The van der Waals surface area contributed by atoms with Crippen molar-refractivity contribution in [2.24, 2.45) is 0 Å². The van der Waals surface area contributed by atoms with E-state index in [2.05, 4.69) is 10.6 Å². The van der Waals surface area contributed by atoms with Gasteiger partial charge in [-0.15, -0.1) is 11.8 Å². The summed E-state index contributed by atoms with van der Waals surface area (Å²) in [6, 6.07) is 5.90. The van der Waals surface area contributed by atoms with Crippen molar-refractivity contribution in [3.8, 4) is 11.5 Å². The maximum Gasteiger partial charge on any atom is 0.220 e. The van der Waals surface area contributed by atoms with Crippen LogP contribution in [0.3, 0.4) is 0 Å². The Hall–Kier alpha value is -1.40. The highest BCUT2D eigenvalue weighted by Gasteiger charge is 2.12. The van der Waals surface area contributed by atoms with E-state index in [1.54, 1.807) is 11.8 Å². The van der Waals surface area contributed by atoms with Crippen LogP contribution in [-0.2, 0) is 4.79 Å². The minimum Gasteiger partial charge on any atom is -0.486 e. The maximum atomic E-state index is 11.6. The third-order valence-electron chi connectivity index (χ3n) is 3.04. The van der Waals surface area contributed by atoms with Crippen LogP contribution in [-0.4, -0.2) is 45.0 Å². The standard InChI is InChI=1S/C15H22N2O3S/c1-16-6-2-7-17-15(18)5-10-21-12-3-4-13-14(11-12)20-9-8-19-13/h3-4,11,16H,2,5-10H2,1H3,(H,17,18). The van der Waals surface area contributed by atoms with Gasteiger partial charge < -0.3 is 20.1 Å². The second-order valence-electron chi connectivity index (χ2n) is 4.71. The van der Waals surface area contributed by atoms with Crippen LogP contribution < -0.4 is 20.1 Å². The van der Waals surface area contributed by atoms with Crippen molar-refractivity contribution in [1.82, 2.24) is 10.6 Å². The van der Waals surface area contributed by atoms with Gasteiger partial charge in [-0.05, 0) is 38.2 Å². The van der Waals surface area contributed by atoms with E-state index >= 15 is 0 Å². The Labute approximate surface area is 129 Å². The van der Waals surface area contributed by atoms with Crippen LogP contribution in [0.1, 0.15) is 12.8 Å². The first-order valence-electron chi connectivity index (χ1n) is 7.23. The average molecular weight is 310 g/mol. The van der Waals surface area contributed by atoms with E-state index in [4.69, 9.17) is 9.47 Å². The molecule has 1 heterocycles. The first-order chi connectivity index (χ1) is 10.3. The molecule has 1 aromatic carbocycles. The van der Waals surface area contributed by atoms with Gasteiger partial charge in [0.15, 0.2) is 11.5 Å². The molecule has 0 atom stereocenters. The lowest BCUT2D eigenvalue weighted by Crippen LogP contribution is -2.26. The molecular weight excluding hydrogens is 288 g/mol. The molecular formula is C15H22N2O3S. The highest BCUT2D eigenvalue weighted by atomic mass is 32.2. The number of benzene rings is 1. The second-order valence-corrected chi connectivity index (χ2v) is 5.88. The molecule has 0 aromatic heterocycles. The van der Waals surface area contributed by atoms with E-state index in [-0.39, 0.29) is 5.91 Å². The zero-order valence-electron chi connectivity index (χ0n) is 12.3. The van der Waals surface area contributed by atoms with Crippen molar-refractivity contribution in [3.63, 3.8) is 0 Å². The molecule has 0 bridgehead atoms. The monoisotopic (exact) mass is 310 g/mol. The van der Waals surface area contributed by atoms with Crippen molar-refractivity contribution >= 4 is 17.7 Å². The number of amides is 1. The predicted molar refractivity (Wildman–Crippen MR) is 84.3 cm³/mol. The Bertz CT molecular complexity index is 468. The Morgan fingerprint density at radius 3 is 2.86 bits per heavy atom. The van der Waals surface area contributed by atoms with E-state index in [1.807, 2.05) is 25.2 Å². The molecule has 116 valence electrons. The molecule has 0 fully saturated rings. The topological polar surface area (TPSA) is 59.6 Å². The lowest BCUT2D eigenvalue weighted by Gasteiger charge is -2.18. The summed E-state index contributed by atoms with van der Waals surface area (Å²) in [7, 11) is 1.91. The van der Waals surface area contributed by atoms with Gasteiger partial charge in [0.1, 0.15) is 13.2 Å². The van der Waals surface area contributed by atoms with Gasteiger partial charge in [-0.25, -0.2) is 0 Å². The summed E-state index contributed by atoms with van der Waals surface area (Å²) in [5.41, 5.74) is 0. The summed E-state index contributed by atoms with van der Waals surface area (Å²) in [5.74, 6) is 2.46. The van der Waals surface area contributed by atoms with Gasteiger partial charge in [0, 0.05) is 23.6 Å². The SMILES string of the molecule is CNCCCNC(=O)CCSc1ccc2c(c1)OCCO2. The maximum absolute atomic E-state index is 11.6. The number of rotatable bonds is 8. The third kappa shape index (κ3) is 5.47. The zero-order chi connectivity index (χ0) is 14.9. The van der Waals surface area contributed by atoms with Crippen LogP contribution in [0, 0.1) is 0 Å². The minimum atomic E-state index is 0.108. The fraction of sp³-hybridized carbons (Fsp3) is 0.533. The Morgan fingerprint density at radius 1 is 1.24 bits per heavy atom. The summed E-state index contributed by atoms with van der Waals surface area (Å²) in [6.07, 6.45) is 1.48. The molecule has 0 unspecified atom stereocenters. The fourth-order valence-corrected chi connectivity index (χ4v) is 2.83. The molecule has 1 aliphatic rings. The first kappa shape index (κ1) is 16.0. The predicted octanol–water partition coefficient (Wildman–Crippen LogP) is 1.67. The molecule has 21 heavy (non-hydrogen) atoms. The summed E-state index contributed by atoms with van der Waals surface area (Å²) in [6.45, 7) is 2.85. The zero-order valence-corrected chi connectivity index (χ0v) is 13.1. The normalized spacial score (nSPS) is 13.0.